The Labute approximate surface area is 80.9 Å². The van der Waals surface area contributed by atoms with Gasteiger partial charge in [-0.3, -0.25) is 4.79 Å². The Kier molecular flexibility index (Phi) is 3.34. The van der Waals surface area contributed by atoms with Gasteiger partial charge in [0.15, 0.2) is 0 Å². The first-order chi connectivity index (χ1) is 6.11. The summed E-state index contributed by atoms with van der Waals surface area (Å²) < 4.78 is 0. The topological polar surface area (TPSA) is 43.1 Å². The molecule has 0 radical (unpaired) electrons. The van der Waals surface area contributed by atoms with Crippen LogP contribution in [-0.2, 0) is 4.79 Å². The summed E-state index contributed by atoms with van der Waals surface area (Å²) in [6.07, 6.45) is 6.94. The lowest BCUT2D eigenvalue weighted by Gasteiger charge is -2.32. The van der Waals surface area contributed by atoms with Gasteiger partial charge in [0.05, 0.1) is 0 Å². The lowest BCUT2D eigenvalue weighted by Crippen LogP contribution is -2.39. The average molecular weight is 183 g/mol. The van der Waals surface area contributed by atoms with Crippen molar-refractivity contribution in [2.45, 2.75) is 52.4 Å². The monoisotopic (exact) mass is 183 g/mol. The van der Waals surface area contributed by atoms with Crippen LogP contribution in [0.2, 0.25) is 0 Å². The van der Waals surface area contributed by atoms with Crippen molar-refractivity contribution >= 4 is 5.91 Å². The number of rotatable bonds is 4. The van der Waals surface area contributed by atoms with E-state index >= 15 is 0 Å². The maximum absolute atomic E-state index is 11.4. The summed E-state index contributed by atoms with van der Waals surface area (Å²) in [5, 5.41) is 0. The minimum absolute atomic E-state index is 0.0961. The van der Waals surface area contributed by atoms with E-state index in [-0.39, 0.29) is 11.3 Å². The van der Waals surface area contributed by atoms with Crippen molar-refractivity contribution < 1.29 is 4.79 Å². The van der Waals surface area contributed by atoms with Crippen LogP contribution in [0.5, 0.6) is 0 Å². The Morgan fingerprint density at radius 3 is 2.38 bits per heavy atom. The summed E-state index contributed by atoms with van der Waals surface area (Å²) in [7, 11) is 0. The van der Waals surface area contributed by atoms with E-state index in [4.69, 9.17) is 5.73 Å². The van der Waals surface area contributed by atoms with E-state index in [2.05, 4.69) is 13.8 Å². The maximum Gasteiger partial charge on any atom is 0.223 e. The number of amides is 1. The van der Waals surface area contributed by atoms with Gasteiger partial charge in [0.25, 0.3) is 0 Å². The molecule has 0 saturated heterocycles. The Morgan fingerprint density at radius 2 is 2.00 bits per heavy atom. The van der Waals surface area contributed by atoms with Gasteiger partial charge in [0, 0.05) is 5.41 Å². The zero-order valence-electron chi connectivity index (χ0n) is 8.81. The van der Waals surface area contributed by atoms with E-state index in [9.17, 15) is 4.79 Å². The van der Waals surface area contributed by atoms with E-state index < -0.39 is 0 Å². The van der Waals surface area contributed by atoms with Gasteiger partial charge in [-0.05, 0) is 25.2 Å². The van der Waals surface area contributed by atoms with E-state index in [1.165, 1.54) is 25.7 Å². The highest BCUT2D eigenvalue weighted by Gasteiger charge is 2.39. The minimum atomic E-state index is -0.231. The minimum Gasteiger partial charge on any atom is -0.369 e. The number of nitrogens with two attached hydrogens (primary N) is 1. The Morgan fingerprint density at radius 1 is 1.46 bits per heavy atom. The number of carbonyl (C=O) groups is 1. The molecule has 0 aliphatic heterocycles. The fourth-order valence-corrected chi connectivity index (χ4v) is 2.61. The lowest BCUT2D eigenvalue weighted by molar-refractivity contribution is -0.130. The molecule has 1 saturated carbocycles. The molecule has 1 aliphatic rings. The van der Waals surface area contributed by atoms with Crippen molar-refractivity contribution in [2.24, 2.45) is 17.1 Å². The molecular weight excluding hydrogens is 162 g/mol. The molecule has 1 fully saturated rings. The van der Waals surface area contributed by atoms with Gasteiger partial charge in [-0.25, -0.2) is 0 Å². The molecular formula is C11H21NO. The first kappa shape index (κ1) is 10.6. The molecule has 1 rings (SSSR count). The number of carbonyl (C=O) groups excluding carboxylic acids is 1. The van der Waals surface area contributed by atoms with Crippen LogP contribution in [0.4, 0.5) is 0 Å². The molecule has 2 heteroatoms. The van der Waals surface area contributed by atoms with Crippen LogP contribution in [-0.4, -0.2) is 5.91 Å². The van der Waals surface area contributed by atoms with Gasteiger partial charge >= 0.3 is 0 Å². The first-order valence-corrected chi connectivity index (χ1v) is 5.41. The summed E-state index contributed by atoms with van der Waals surface area (Å²) in [6, 6.07) is 0. The SMILES string of the molecule is CCCC(C)(C(N)=O)C1CCCC1. The number of hydrogen-bond donors (Lipinski definition) is 1. The quantitative estimate of drug-likeness (QED) is 0.714. The van der Waals surface area contributed by atoms with Gasteiger partial charge in [0.1, 0.15) is 0 Å². The molecule has 2 N–H and O–H groups in total. The van der Waals surface area contributed by atoms with Crippen LogP contribution in [0.15, 0.2) is 0 Å². The third-order valence-corrected chi connectivity index (χ3v) is 3.59. The summed E-state index contributed by atoms with van der Waals surface area (Å²) in [6.45, 7) is 4.17. The molecule has 1 unspecified atom stereocenters. The molecule has 0 bridgehead atoms. The molecule has 1 amide bonds. The van der Waals surface area contributed by atoms with Crippen molar-refractivity contribution in [3.05, 3.63) is 0 Å². The fourth-order valence-electron chi connectivity index (χ4n) is 2.61. The second-order valence-electron chi connectivity index (χ2n) is 4.51. The first-order valence-electron chi connectivity index (χ1n) is 5.41. The molecule has 2 nitrogen and oxygen atoms in total. The van der Waals surface area contributed by atoms with Gasteiger partial charge in [0.2, 0.25) is 5.91 Å². The van der Waals surface area contributed by atoms with Crippen molar-refractivity contribution in [3.8, 4) is 0 Å². The van der Waals surface area contributed by atoms with Crippen LogP contribution >= 0.6 is 0 Å². The van der Waals surface area contributed by atoms with Crippen LogP contribution in [0.25, 0.3) is 0 Å². The molecule has 1 aliphatic carbocycles. The molecule has 0 aromatic heterocycles. The predicted octanol–water partition coefficient (Wildman–Crippen LogP) is 2.47. The van der Waals surface area contributed by atoms with E-state index in [1.807, 2.05) is 0 Å². The van der Waals surface area contributed by atoms with Crippen LogP contribution in [0.3, 0.4) is 0 Å². The van der Waals surface area contributed by atoms with Crippen molar-refractivity contribution in [1.82, 2.24) is 0 Å². The third-order valence-electron chi connectivity index (χ3n) is 3.59. The van der Waals surface area contributed by atoms with Crippen molar-refractivity contribution in [2.75, 3.05) is 0 Å². The smallest absolute Gasteiger partial charge is 0.223 e. The second-order valence-corrected chi connectivity index (χ2v) is 4.51. The highest BCUT2D eigenvalue weighted by atomic mass is 16.1. The molecule has 0 aromatic rings. The molecule has 0 spiro atoms. The third kappa shape index (κ3) is 2.04. The van der Waals surface area contributed by atoms with Gasteiger partial charge in [-0.2, -0.15) is 0 Å². The molecule has 1 atom stereocenters. The second kappa shape index (κ2) is 4.12. The summed E-state index contributed by atoms with van der Waals surface area (Å²) in [5.74, 6) is 0.450. The molecule has 0 aromatic carbocycles. The van der Waals surface area contributed by atoms with Gasteiger partial charge in [-0.1, -0.05) is 33.1 Å². The largest absolute Gasteiger partial charge is 0.369 e. The van der Waals surface area contributed by atoms with Gasteiger partial charge in [-0.15, -0.1) is 0 Å². The highest BCUT2D eigenvalue weighted by molar-refractivity contribution is 5.80. The molecule has 13 heavy (non-hydrogen) atoms. The predicted molar refractivity (Wildman–Crippen MR) is 54.2 cm³/mol. The van der Waals surface area contributed by atoms with Crippen molar-refractivity contribution in [1.29, 1.82) is 0 Å². The standard InChI is InChI=1S/C11H21NO/c1-3-8-11(2,10(12)13)9-6-4-5-7-9/h9H,3-8H2,1-2H3,(H2,12,13). The van der Waals surface area contributed by atoms with Gasteiger partial charge < -0.3 is 5.73 Å². The zero-order chi connectivity index (χ0) is 9.90. The van der Waals surface area contributed by atoms with E-state index in [0.29, 0.717) is 5.92 Å². The average Bonchev–Trinajstić information content (AvgIpc) is 2.56. The molecule has 76 valence electrons. The summed E-state index contributed by atoms with van der Waals surface area (Å²) in [5.41, 5.74) is 5.27. The Bertz CT molecular complexity index is 185. The van der Waals surface area contributed by atoms with Crippen molar-refractivity contribution in [3.63, 3.8) is 0 Å². The summed E-state index contributed by atoms with van der Waals surface area (Å²) >= 11 is 0. The highest BCUT2D eigenvalue weighted by Crippen LogP contribution is 2.42. The normalized spacial score (nSPS) is 22.9. The van der Waals surface area contributed by atoms with Crippen LogP contribution in [0.1, 0.15) is 52.4 Å². The number of primary amides is 1. The zero-order valence-corrected chi connectivity index (χ0v) is 8.81. The lowest BCUT2D eigenvalue weighted by atomic mass is 9.72. The maximum atomic E-state index is 11.4. The molecule has 0 heterocycles. The Hall–Kier alpha value is -0.530. The van der Waals surface area contributed by atoms with Crippen LogP contribution < -0.4 is 5.73 Å². The fraction of sp³-hybridized carbons (Fsp3) is 0.909. The van der Waals surface area contributed by atoms with Crippen LogP contribution in [0, 0.1) is 11.3 Å². The van der Waals surface area contributed by atoms with E-state index in [1.54, 1.807) is 0 Å². The Balaban J connectivity index is 2.69. The summed E-state index contributed by atoms with van der Waals surface area (Å²) in [4.78, 5) is 11.4. The van der Waals surface area contributed by atoms with E-state index in [0.717, 1.165) is 12.8 Å². The number of hydrogen-bond acceptors (Lipinski definition) is 1.